The van der Waals surface area contributed by atoms with Crippen LogP contribution in [0.25, 0.3) is 17.0 Å². The van der Waals surface area contributed by atoms with Gasteiger partial charge in [-0.25, -0.2) is 14.1 Å². The molecular weight excluding hydrogens is 527 g/mol. The molecule has 2 N–H and O–H groups in total. The molecule has 4 aromatic rings. The number of hydrogen-bond donors (Lipinski definition) is 2. The zero-order valence-corrected chi connectivity index (χ0v) is 20.5. The number of carbonyl (C=O) groups is 3. The monoisotopic (exact) mass is 546 g/mol. The van der Waals surface area contributed by atoms with Gasteiger partial charge >= 0.3 is 6.03 Å². The Balaban J connectivity index is 1.29. The van der Waals surface area contributed by atoms with Gasteiger partial charge in [0, 0.05) is 33.8 Å². The molecule has 7 nitrogen and oxygen atoms in total. The number of nitrogens with zero attached hydrogens (tertiary/aromatic N) is 2. The highest BCUT2D eigenvalue weighted by Crippen LogP contribution is 2.22. The highest BCUT2D eigenvalue weighted by atomic mass is 79.9. The first kappa shape index (κ1) is 23.5. The van der Waals surface area contributed by atoms with E-state index < -0.39 is 24.4 Å². The number of aromatic nitrogens is 1. The fourth-order valence-corrected chi connectivity index (χ4v) is 4.30. The first-order valence-electron chi connectivity index (χ1n) is 11.1. The van der Waals surface area contributed by atoms with Crippen LogP contribution in [0.1, 0.15) is 11.1 Å². The number of imide groups is 1. The number of urea groups is 1. The Morgan fingerprint density at radius 3 is 2.61 bits per heavy atom. The summed E-state index contributed by atoms with van der Waals surface area (Å²) in [6.45, 7) is 0.119. The molecule has 0 saturated carbocycles. The van der Waals surface area contributed by atoms with Crippen LogP contribution >= 0.6 is 15.9 Å². The Labute approximate surface area is 214 Å². The largest absolute Gasteiger partial charge is 0.343 e. The van der Waals surface area contributed by atoms with E-state index in [4.69, 9.17) is 0 Å². The van der Waals surface area contributed by atoms with E-state index in [0.717, 1.165) is 31.4 Å². The summed E-state index contributed by atoms with van der Waals surface area (Å²) in [5.74, 6) is -1.33. The zero-order valence-electron chi connectivity index (χ0n) is 18.9. The topological polar surface area (TPSA) is 83.4 Å². The molecule has 0 spiro atoms. The summed E-state index contributed by atoms with van der Waals surface area (Å²) in [7, 11) is 0. The van der Waals surface area contributed by atoms with Crippen molar-refractivity contribution in [3.63, 3.8) is 0 Å². The molecule has 0 unspecified atom stereocenters. The number of rotatable bonds is 6. The molecule has 1 aromatic heterocycles. The summed E-state index contributed by atoms with van der Waals surface area (Å²) in [4.78, 5) is 38.4. The minimum atomic E-state index is -0.653. The van der Waals surface area contributed by atoms with Crippen molar-refractivity contribution in [2.24, 2.45) is 0 Å². The van der Waals surface area contributed by atoms with E-state index in [2.05, 4.69) is 26.6 Å². The number of halogens is 2. The summed E-state index contributed by atoms with van der Waals surface area (Å²) in [6.07, 6.45) is 3.50. The Hall–Kier alpha value is -4.24. The molecule has 0 bridgehead atoms. The minimum absolute atomic E-state index is 0.0926. The normalized spacial score (nSPS) is 14.5. The van der Waals surface area contributed by atoms with Gasteiger partial charge in [0.1, 0.15) is 18.1 Å². The Morgan fingerprint density at radius 2 is 1.83 bits per heavy atom. The summed E-state index contributed by atoms with van der Waals surface area (Å²) < 4.78 is 16.4. The molecule has 0 radical (unpaired) electrons. The maximum Gasteiger partial charge on any atom is 0.329 e. The molecule has 4 amide bonds. The molecule has 9 heteroatoms. The van der Waals surface area contributed by atoms with Crippen LogP contribution in [0.4, 0.5) is 14.9 Å². The molecule has 2 heterocycles. The summed E-state index contributed by atoms with van der Waals surface area (Å²) in [6, 6.07) is 20.4. The summed E-state index contributed by atoms with van der Waals surface area (Å²) in [5.41, 5.74) is 3.17. The lowest BCUT2D eigenvalue weighted by molar-refractivity contribution is -0.127. The highest BCUT2D eigenvalue weighted by molar-refractivity contribution is 9.10. The average molecular weight is 547 g/mol. The van der Waals surface area contributed by atoms with Crippen LogP contribution in [-0.2, 0) is 16.1 Å². The fraction of sp³-hybridized carbons (Fsp3) is 0.0741. The van der Waals surface area contributed by atoms with E-state index >= 15 is 0 Å². The molecule has 0 atom stereocenters. The zero-order chi connectivity index (χ0) is 25.2. The second kappa shape index (κ2) is 9.79. The van der Waals surface area contributed by atoms with Crippen molar-refractivity contribution in [1.29, 1.82) is 0 Å². The lowest BCUT2D eigenvalue weighted by Gasteiger charge is -2.12. The fourth-order valence-electron chi connectivity index (χ4n) is 4.04. The van der Waals surface area contributed by atoms with Gasteiger partial charge in [-0.15, -0.1) is 0 Å². The lowest BCUT2D eigenvalue weighted by atomic mass is 10.1. The Bertz CT molecular complexity index is 1530. The maximum absolute atomic E-state index is 13.5. The van der Waals surface area contributed by atoms with Gasteiger partial charge in [-0.3, -0.25) is 9.59 Å². The van der Waals surface area contributed by atoms with Gasteiger partial charge in [-0.2, -0.15) is 0 Å². The molecule has 1 fully saturated rings. The van der Waals surface area contributed by atoms with E-state index in [9.17, 15) is 18.8 Å². The summed E-state index contributed by atoms with van der Waals surface area (Å²) >= 11 is 3.32. The Kier molecular flexibility index (Phi) is 6.39. The maximum atomic E-state index is 13.5. The number of anilines is 1. The van der Waals surface area contributed by atoms with Gasteiger partial charge in [-0.1, -0.05) is 34.1 Å². The van der Waals surface area contributed by atoms with Crippen molar-refractivity contribution in [2.75, 3.05) is 11.9 Å². The van der Waals surface area contributed by atoms with E-state index in [1.54, 1.807) is 36.4 Å². The van der Waals surface area contributed by atoms with Crippen molar-refractivity contribution in [3.8, 4) is 0 Å². The van der Waals surface area contributed by atoms with Gasteiger partial charge < -0.3 is 15.2 Å². The van der Waals surface area contributed by atoms with Crippen molar-refractivity contribution in [1.82, 2.24) is 14.8 Å². The number of benzene rings is 3. The van der Waals surface area contributed by atoms with Crippen LogP contribution in [0.15, 0.2) is 89.2 Å². The number of hydrogen-bond acceptors (Lipinski definition) is 3. The van der Waals surface area contributed by atoms with Crippen molar-refractivity contribution < 1.29 is 18.8 Å². The third kappa shape index (κ3) is 5.06. The van der Waals surface area contributed by atoms with Crippen molar-refractivity contribution in [3.05, 3.63) is 106 Å². The Morgan fingerprint density at radius 1 is 1.03 bits per heavy atom. The molecule has 36 heavy (non-hydrogen) atoms. The third-order valence-electron chi connectivity index (χ3n) is 5.74. The molecule has 1 aliphatic heterocycles. The standard InChI is InChI=1S/C27H20BrFN4O3/c28-20-5-7-22(8-6-20)30-25(34)16-33-26(35)23(31-27(33)36)14-17-4-9-24-19(12-17)10-11-32(24)15-18-2-1-3-21(29)13-18/h1-14H,15-16H2,(H,30,34)(H,31,36)/b23-14+. The molecule has 1 aliphatic rings. The first-order chi connectivity index (χ1) is 17.4. The average Bonchev–Trinajstić information content (AvgIpc) is 3.36. The van der Waals surface area contributed by atoms with Crippen LogP contribution in [-0.4, -0.2) is 33.9 Å². The van der Waals surface area contributed by atoms with Crippen LogP contribution in [0.5, 0.6) is 0 Å². The van der Waals surface area contributed by atoms with E-state index in [0.29, 0.717) is 12.2 Å². The van der Waals surface area contributed by atoms with Crippen LogP contribution < -0.4 is 10.6 Å². The van der Waals surface area contributed by atoms with Gasteiger partial charge in [-0.05, 0) is 71.8 Å². The molecule has 3 aromatic carbocycles. The SMILES string of the molecule is O=C(CN1C(=O)N/C(=C/c2ccc3c(ccn3Cc3cccc(F)c3)c2)C1=O)Nc1ccc(Br)cc1. The van der Waals surface area contributed by atoms with Crippen molar-refractivity contribution >= 4 is 56.4 Å². The third-order valence-corrected chi connectivity index (χ3v) is 6.27. The van der Waals surface area contributed by atoms with Crippen LogP contribution in [0, 0.1) is 5.82 Å². The molecule has 1 saturated heterocycles. The van der Waals surface area contributed by atoms with Crippen LogP contribution in [0.2, 0.25) is 0 Å². The molecule has 180 valence electrons. The van der Waals surface area contributed by atoms with E-state index in [-0.39, 0.29) is 11.5 Å². The van der Waals surface area contributed by atoms with Gasteiger partial charge in [0.15, 0.2) is 0 Å². The van der Waals surface area contributed by atoms with E-state index in [1.165, 1.54) is 12.1 Å². The van der Waals surface area contributed by atoms with Gasteiger partial charge in [0.25, 0.3) is 5.91 Å². The molecule has 0 aliphatic carbocycles. The predicted molar refractivity (Wildman–Crippen MR) is 138 cm³/mol. The van der Waals surface area contributed by atoms with Gasteiger partial charge in [0.05, 0.1) is 0 Å². The van der Waals surface area contributed by atoms with E-state index in [1.807, 2.05) is 41.1 Å². The number of amides is 4. The van der Waals surface area contributed by atoms with Crippen LogP contribution in [0.3, 0.4) is 0 Å². The second-order valence-electron chi connectivity index (χ2n) is 8.33. The predicted octanol–water partition coefficient (Wildman–Crippen LogP) is 5.12. The number of carbonyl (C=O) groups excluding carboxylic acids is 3. The van der Waals surface area contributed by atoms with Gasteiger partial charge in [0.2, 0.25) is 5.91 Å². The highest BCUT2D eigenvalue weighted by Gasteiger charge is 2.34. The summed E-state index contributed by atoms with van der Waals surface area (Å²) in [5, 5.41) is 6.14. The van der Waals surface area contributed by atoms with Crippen molar-refractivity contribution in [2.45, 2.75) is 6.54 Å². The minimum Gasteiger partial charge on any atom is -0.343 e. The quantitative estimate of drug-likeness (QED) is 0.260. The first-order valence-corrected chi connectivity index (χ1v) is 11.9. The smallest absolute Gasteiger partial charge is 0.329 e. The number of nitrogens with one attached hydrogen (secondary N) is 2. The molecular formula is C27H20BrFN4O3. The lowest BCUT2D eigenvalue weighted by Crippen LogP contribution is -2.38. The molecule has 5 rings (SSSR count). The second-order valence-corrected chi connectivity index (χ2v) is 9.24. The number of fused-ring (bicyclic) bond motifs is 1.